The van der Waals surface area contributed by atoms with Crippen LogP contribution in [0.3, 0.4) is 0 Å². The lowest BCUT2D eigenvalue weighted by Crippen LogP contribution is -2.45. The molecule has 1 rings (SSSR count). The Labute approximate surface area is 496 Å². The topological polar surface area (TPSA) is 158 Å². The predicted octanol–water partition coefficient (Wildman–Crippen LogP) is 14.1. The van der Waals surface area contributed by atoms with E-state index in [9.17, 15) is 19.2 Å². The maximum absolute atomic E-state index is 14.4. The van der Waals surface area contributed by atoms with Crippen molar-refractivity contribution in [3.05, 3.63) is 0 Å². The molecule has 15 heteroatoms. The number of nitrogens with zero attached hydrogens (tertiary/aromatic N) is 2. The van der Waals surface area contributed by atoms with E-state index in [4.69, 9.17) is 42.6 Å². The summed E-state index contributed by atoms with van der Waals surface area (Å²) in [6, 6.07) is 0. The lowest BCUT2D eigenvalue weighted by atomic mass is 9.92. The summed E-state index contributed by atoms with van der Waals surface area (Å²) in [5.41, 5.74) is 0. The van der Waals surface area contributed by atoms with E-state index >= 15 is 0 Å². The smallest absolute Gasteiger partial charge is 0.309 e. The molecule has 0 spiro atoms. The van der Waals surface area contributed by atoms with Gasteiger partial charge in [0.05, 0.1) is 78.6 Å². The highest BCUT2D eigenvalue weighted by atomic mass is 16.6. The highest BCUT2D eigenvalue weighted by molar-refractivity contribution is 5.81. The number of piperidine rings is 1. The summed E-state index contributed by atoms with van der Waals surface area (Å²) in [7, 11) is 2.07. The molecule has 0 radical (unpaired) electrons. The SMILES string of the molecule is CCCCCCCCN(CCOCCOCCOCCOCCOC(=O)C1CCN(C)CC1)C(=O)C(COCCCCCC(=O)OCCC(CCCCC)CCCCC)OCCCCCC(=O)OCCC(CCCCC)CCCCC. The number of hydrogen-bond donors (Lipinski definition) is 0. The van der Waals surface area contributed by atoms with Crippen molar-refractivity contribution < 1.29 is 61.8 Å². The molecule has 1 heterocycles. The van der Waals surface area contributed by atoms with Crippen molar-refractivity contribution in [2.75, 3.05) is 126 Å². The zero-order valence-corrected chi connectivity index (χ0v) is 53.3. The molecule has 1 fully saturated rings. The van der Waals surface area contributed by atoms with Crippen LogP contribution in [0.25, 0.3) is 0 Å². The molecule has 0 saturated carbocycles. The molecule has 1 atom stereocenters. The number of ether oxygens (including phenoxy) is 9. The minimum Gasteiger partial charge on any atom is -0.466 e. The Balaban J connectivity index is 2.66. The van der Waals surface area contributed by atoms with Crippen molar-refractivity contribution >= 4 is 23.8 Å². The van der Waals surface area contributed by atoms with Crippen LogP contribution in [0.5, 0.6) is 0 Å². The Hall–Kier alpha value is -2.40. The molecule has 1 saturated heterocycles. The summed E-state index contributed by atoms with van der Waals surface area (Å²) in [4.78, 5) is 56.1. The predicted molar refractivity (Wildman–Crippen MR) is 327 cm³/mol. The van der Waals surface area contributed by atoms with Crippen LogP contribution in [0.1, 0.15) is 253 Å². The van der Waals surface area contributed by atoms with Crippen LogP contribution in [0, 0.1) is 17.8 Å². The molecule has 0 bridgehead atoms. The third kappa shape index (κ3) is 47.5. The van der Waals surface area contributed by atoms with E-state index in [1.807, 2.05) is 4.90 Å². The zero-order valence-electron chi connectivity index (χ0n) is 53.3. The second-order valence-corrected chi connectivity index (χ2v) is 23.1. The zero-order chi connectivity index (χ0) is 58.9. The Bertz CT molecular complexity index is 1400. The first kappa shape index (κ1) is 76.6. The van der Waals surface area contributed by atoms with Crippen LogP contribution in [-0.4, -0.2) is 165 Å². The number of carbonyl (C=O) groups is 4. The minimum absolute atomic E-state index is 0.00831. The van der Waals surface area contributed by atoms with Crippen LogP contribution in [0.15, 0.2) is 0 Å². The fourth-order valence-electron chi connectivity index (χ4n) is 10.3. The number of carbonyl (C=O) groups excluding carboxylic acids is 4. The van der Waals surface area contributed by atoms with E-state index < -0.39 is 6.10 Å². The van der Waals surface area contributed by atoms with Gasteiger partial charge in [-0.2, -0.15) is 0 Å². The molecule has 0 aromatic heterocycles. The van der Waals surface area contributed by atoms with E-state index in [-0.39, 0.29) is 42.9 Å². The third-order valence-electron chi connectivity index (χ3n) is 15.7. The van der Waals surface area contributed by atoms with Gasteiger partial charge in [0.2, 0.25) is 0 Å². The average Bonchev–Trinajstić information content (AvgIpc) is 3.46. The van der Waals surface area contributed by atoms with Gasteiger partial charge in [0.15, 0.2) is 6.10 Å². The summed E-state index contributed by atoms with van der Waals surface area (Å²) >= 11 is 0. The summed E-state index contributed by atoms with van der Waals surface area (Å²) in [5, 5.41) is 0. The van der Waals surface area contributed by atoms with Crippen molar-refractivity contribution in [2.45, 2.75) is 259 Å². The first-order valence-electron chi connectivity index (χ1n) is 33.6. The van der Waals surface area contributed by atoms with E-state index in [2.05, 4.69) is 46.6 Å². The second-order valence-electron chi connectivity index (χ2n) is 23.1. The normalized spacial score (nSPS) is 13.6. The van der Waals surface area contributed by atoms with Gasteiger partial charge in [-0.15, -0.1) is 0 Å². The van der Waals surface area contributed by atoms with Crippen molar-refractivity contribution in [2.24, 2.45) is 17.8 Å². The van der Waals surface area contributed by atoms with E-state index in [1.165, 1.54) is 122 Å². The molecular weight excluding hydrogens is 1030 g/mol. The van der Waals surface area contributed by atoms with Gasteiger partial charge < -0.3 is 52.4 Å². The van der Waals surface area contributed by atoms with E-state index in [0.29, 0.717) is 123 Å². The Kier molecular flexibility index (Phi) is 54.9. The van der Waals surface area contributed by atoms with Crippen LogP contribution in [-0.2, 0) is 61.8 Å². The molecule has 1 aliphatic heterocycles. The maximum Gasteiger partial charge on any atom is 0.309 e. The number of likely N-dealkylation sites (tertiary alicyclic amines) is 1. The van der Waals surface area contributed by atoms with Gasteiger partial charge >= 0.3 is 17.9 Å². The van der Waals surface area contributed by atoms with Gasteiger partial charge in [0, 0.05) is 39.1 Å². The average molecular weight is 1160 g/mol. The number of esters is 3. The van der Waals surface area contributed by atoms with Crippen molar-refractivity contribution in [3.63, 3.8) is 0 Å². The van der Waals surface area contributed by atoms with Gasteiger partial charge in [-0.1, -0.05) is 182 Å². The summed E-state index contributed by atoms with van der Waals surface area (Å²) < 4.78 is 52.2. The lowest BCUT2D eigenvalue weighted by molar-refractivity contribution is -0.152. The summed E-state index contributed by atoms with van der Waals surface area (Å²) in [5.74, 6) is 0.802. The number of hydrogen-bond acceptors (Lipinski definition) is 14. The fraction of sp³-hybridized carbons (Fsp3) is 0.939. The maximum atomic E-state index is 14.4. The molecule has 1 amide bonds. The first-order chi connectivity index (χ1) is 39.7. The molecular formula is C66H126N2O13. The molecule has 81 heavy (non-hydrogen) atoms. The third-order valence-corrected chi connectivity index (χ3v) is 15.7. The molecule has 15 nitrogen and oxygen atoms in total. The number of unbranched alkanes of at least 4 members (excludes halogenated alkanes) is 17. The Morgan fingerprint density at radius 2 is 0.827 bits per heavy atom. The molecule has 0 aromatic carbocycles. The van der Waals surface area contributed by atoms with Gasteiger partial charge in [-0.25, -0.2) is 0 Å². The summed E-state index contributed by atoms with van der Waals surface area (Å²) in [6.07, 6.45) is 34.8. The molecule has 0 aliphatic carbocycles. The largest absolute Gasteiger partial charge is 0.466 e. The van der Waals surface area contributed by atoms with Crippen LogP contribution >= 0.6 is 0 Å². The standard InChI is InChI=1S/C66H126N2O13/c1-7-12-17-18-19-28-41-68(44-49-73-50-51-74-52-53-75-54-55-76-56-57-81-66(72)61-37-42-67(6)43-38-61)65(71)62(78-46-30-21-27-36-64(70)80-48-40-60(33-24-15-10-4)34-25-16-11-5)58-77-45-29-20-26-35-63(69)79-47-39-59(31-22-13-8-2)32-23-14-9-3/h59-62H,7-58H2,1-6H3. The molecule has 1 unspecified atom stereocenters. The molecule has 0 N–H and O–H groups in total. The van der Waals surface area contributed by atoms with Gasteiger partial charge in [-0.05, 0) is 89.8 Å². The summed E-state index contributed by atoms with van der Waals surface area (Å²) in [6.45, 7) is 19.6. The van der Waals surface area contributed by atoms with E-state index in [1.54, 1.807) is 0 Å². The molecule has 0 aromatic rings. The van der Waals surface area contributed by atoms with Crippen molar-refractivity contribution in [3.8, 4) is 0 Å². The number of amides is 1. The van der Waals surface area contributed by atoms with Gasteiger partial charge in [-0.3, -0.25) is 19.2 Å². The lowest BCUT2D eigenvalue weighted by Gasteiger charge is -2.28. The quantitative estimate of drug-likeness (QED) is 0.0322. The number of rotatable bonds is 61. The monoisotopic (exact) mass is 1150 g/mol. The van der Waals surface area contributed by atoms with Crippen LogP contribution in [0.2, 0.25) is 0 Å². The van der Waals surface area contributed by atoms with Crippen molar-refractivity contribution in [1.29, 1.82) is 0 Å². The van der Waals surface area contributed by atoms with Gasteiger partial charge in [0.25, 0.3) is 5.91 Å². The van der Waals surface area contributed by atoms with Crippen molar-refractivity contribution in [1.82, 2.24) is 9.80 Å². The Morgan fingerprint density at radius 3 is 1.32 bits per heavy atom. The highest BCUT2D eigenvalue weighted by Crippen LogP contribution is 2.23. The van der Waals surface area contributed by atoms with Crippen LogP contribution < -0.4 is 0 Å². The minimum atomic E-state index is -0.763. The van der Waals surface area contributed by atoms with E-state index in [0.717, 1.165) is 90.1 Å². The van der Waals surface area contributed by atoms with Gasteiger partial charge in [0.1, 0.15) is 6.61 Å². The second kappa shape index (κ2) is 58.0. The van der Waals surface area contributed by atoms with Crippen LogP contribution in [0.4, 0.5) is 0 Å². The highest BCUT2D eigenvalue weighted by Gasteiger charge is 2.26. The first-order valence-corrected chi connectivity index (χ1v) is 33.6. The molecule has 478 valence electrons. The molecule has 1 aliphatic rings. The fourth-order valence-corrected chi connectivity index (χ4v) is 10.3. The Morgan fingerprint density at radius 1 is 0.407 bits per heavy atom.